The lowest BCUT2D eigenvalue weighted by Gasteiger charge is -2.26. The molecule has 4 N–H and O–H groups in total. The number of carbonyl (C=O) groups is 3. The number of aromatic nitrogens is 1. The van der Waals surface area contributed by atoms with Gasteiger partial charge in [0.05, 0.1) is 26.1 Å². The molecule has 0 saturated carbocycles. The monoisotopic (exact) mass is 727 g/mol. The number of nitrogens with zero attached hydrogens (tertiary/aromatic N) is 1. The van der Waals surface area contributed by atoms with Crippen molar-refractivity contribution in [2.75, 3.05) is 17.2 Å². The number of nitrogens with one attached hydrogen (secondary N) is 4. The number of aryl methyl sites for hydroxylation is 2. The smallest absolute Gasteiger partial charge is 0.255 e. The highest BCUT2D eigenvalue weighted by Crippen LogP contribution is 2.29. The zero-order valence-corrected chi connectivity index (χ0v) is 27.1. The van der Waals surface area contributed by atoms with Crippen LogP contribution in [0.3, 0.4) is 0 Å². The highest BCUT2D eigenvalue weighted by atomic mass is 127. The molecule has 6 rings (SSSR count). The molecule has 228 valence electrons. The highest BCUT2D eigenvalue weighted by Gasteiger charge is 2.25. The van der Waals surface area contributed by atoms with Crippen LogP contribution in [0.15, 0.2) is 70.5 Å². The van der Waals surface area contributed by atoms with Crippen molar-refractivity contribution in [1.29, 1.82) is 0 Å². The van der Waals surface area contributed by atoms with Crippen molar-refractivity contribution in [3.05, 3.63) is 99.0 Å². The Balaban J connectivity index is 1.62. The van der Waals surface area contributed by atoms with Gasteiger partial charge in [-0.05, 0) is 83.4 Å². The van der Waals surface area contributed by atoms with Crippen LogP contribution in [0.5, 0.6) is 0 Å². The summed E-state index contributed by atoms with van der Waals surface area (Å²) in [5, 5.41) is 10.1. The highest BCUT2D eigenvalue weighted by molar-refractivity contribution is 14.2. The minimum atomic E-state index is -3.70. The van der Waals surface area contributed by atoms with Gasteiger partial charge in [-0.2, -0.15) is 0 Å². The summed E-state index contributed by atoms with van der Waals surface area (Å²) in [5.41, 5.74) is 3.97. The molecule has 1 unspecified atom stereocenters. The van der Waals surface area contributed by atoms with Gasteiger partial charge in [0.15, 0.2) is 0 Å². The number of anilines is 2. The molecule has 11 nitrogen and oxygen atoms in total. The van der Waals surface area contributed by atoms with E-state index in [1.165, 1.54) is 51.2 Å². The lowest BCUT2D eigenvalue weighted by atomic mass is 9.94. The maximum Gasteiger partial charge on any atom is 0.255 e. The Morgan fingerprint density at radius 3 is 2.39 bits per heavy atom. The molecule has 0 fully saturated rings. The molecule has 3 amide bonds. The third kappa shape index (κ3) is 6.78. The van der Waals surface area contributed by atoms with Gasteiger partial charge in [0.1, 0.15) is 12.6 Å². The van der Waals surface area contributed by atoms with Crippen LogP contribution in [-0.2, 0) is 34.5 Å². The number of fused-ring (bicyclic) bond motifs is 10. The van der Waals surface area contributed by atoms with E-state index < -0.39 is 24.9 Å². The van der Waals surface area contributed by atoms with Gasteiger partial charge in [0.25, 0.3) is 5.56 Å². The van der Waals surface area contributed by atoms with Crippen LogP contribution in [0.25, 0.3) is 10.8 Å². The second kappa shape index (κ2) is 12.4. The summed E-state index contributed by atoms with van der Waals surface area (Å²) in [5.74, 6) is -1.18. The molecule has 13 heteroatoms. The molecule has 44 heavy (non-hydrogen) atoms. The fourth-order valence-electron chi connectivity index (χ4n) is 5.34. The number of benzene rings is 3. The number of amides is 3. The first-order valence-corrected chi connectivity index (χ1v) is 17.7. The van der Waals surface area contributed by atoms with Crippen molar-refractivity contribution < 1.29 is 22.8 Å². The summed E-state index contributed by atoms with van der Waals surface area (Å²) in [4.78, 5) is 55.9. The third-order valence-electron chi connectivity index (χ3n) is 7.59. The quantitative estimate of drug-likeness (QED) is 0.183. The summed E-state index contributed by atoms with van der Waals surface area (Å²) >= 11 is 1.33. The zero-order valence-electron chi connectivity index (χ0n) is 24.2. The van der Waals surface area contributed by atoms with Crippen LogP contribution in [0.2, 0.25) is 0 Å². The summed E-state index contributed by atoms with van der Waals surface area (Å²) in [7, 11) is -3.70. The van der Waals surface area contributed by atoms with Gasteiger partial charge in [-0.3, -0.25) is 19.2 Å². The Morgan fingerprint density at radius 1 is 0.977 bits per heavy atom. The van der Waals surface area contributed by atoms with Gasteiger partial charge in [-0.1, -0.05) is 18.2 Å². The average Bonchev–Trinajstić information content (AvgIpc) is 2.95. The van der Waals surface area contributed by atoms with Crippen molar-refractivity contribution in [1.82, 2.24) is 15.2 Å². The largest absolute Gasteiger partial charge is 0.370 e. The van der Waals surface area contributed by atoms with E-state index in [2.05, 4.69) is 20.9 Å². The first kappa shape index (κ1) is 31.2. The predicted octanol–water partition coefficient (Wildman–Crippen LogP) is 4.04. The molecule has 2 aliphatic rings. The first-order chi connectivity index (χ1) is 20.8. The van der Waals surface area contributed by atoms with E-state index >= 15 is 0 Å². The number of pyridine rings is 1. The number of hydrogen-bond donors (Lipinski definition) is 4. The summed E-state index contributed by atoms with van der Waals surface area (Å²) < 4.78 is 25.1. The van der Waals surface area contributed by atoms with Crippen LogP contribution in [0.1, 0.15) is 40.8 Å². The lowest BCUT2D eigenvalue weighted by molar-refractivity contribution is -0.133. The van der Waals surface area contributed by atoms with Crippen molar-refractivity contribution in [2.24, 2.45) is 0 Å². The minimum absolute atomic E-state index is 0.00261. The van der Waals surface area contributed by atoms with Crippen molar-refractivity contribution in [3.63, 3.8) is 0 Å². The number of H-pyrrole nitrogens is 1. The second-order valence-electron chi connectivity index (χ2n) is 10.7. The summed E-state index contributed by atoms with van der Waals surface area (Å²) in [6, 6.07) is 14.1. The van der Waals surface area contributed by atoms with E-state index in [0.717, 1.165) is 22.1 Å². The van der Waals surface area contributed by atoms with E-state index in [4.69, 9.17) is 0 Å². The van der Waals surface area contributed by atoms with Gasteiger partial charge in [0.2, 0.25) is 24.7 Å². The van der Waals surface area contributed by atoms with Crippen LogP contribution in [-0.4, -0.2) is 42.6 Å². The molecular weight excluding hydrogens is 697 g/mol. The Kier molecular flexibility index (Phi) is 8.79. The molecule has 0 radical (unpaired) electrons. The first-order valence-electron chi connectivity index (χ1n) is 13.7. The van der Waals surface area contributed by atoms with Gasteiger partial charge in [0, 0.05) is 43.0 Å². The standard InChI is InChI=1S/C31H30IN5O6S/c1-17-10-21-11-18(2)26(17)15-37(19(3)38)16-28(39)35-23-6-7-27(44(32,42)43)22(12-23)14-34-31(41)29(21)36-24-5-4-20-8-9-33-30(40)25(20)13-24/h4-13,29,36H,14-16H2,1-3H3,(H,33,40)(H,34,41)(H,35,39). The topological polar surface area (TPSA) is 158 Å². The van der Waals surface area contributed by atoms with Crippen molar-refractivity contribution in [2.45, 2.75) is 44.8 Å². The number of rotatable bonds is 3. The minimum Gasteiger partial charge on any atom is -0.370 e. The molecule has 0 spiro atoms. The van der Waals surface area contributed by atoms with Crippen LogP contribution < -0.4 is 21.5 Å². The molecule has 3 aromatic carbocycles. The predicted molar refractivity (Wildman–Crippen MR) is 176 cm³/mol. The Bertz CT molecular complexity index is 1970. The van der Waals surface area contributed by atoms with Crippen LogP contribution >= 0.6 is 21.2 Å². The van der Waals surface area contributed by atoms with E-state index in [-0.39, 0.29) is 41.6 Å². The maximum atomic E-state index is 13.9. The number of halogens is 1. The van der Waals surface area contributed by atoms with Gasteiger partial charge >= 0.3 is 0 Å². The fourth-order valence-corrected chi connectivity index (χ4v) is 7.31. The zero-order chi connectivity index (χ0) is 31.8. The fraction of sp³-hybridized carbons (Fsp3) is 0.226. The average molecular weight is 728 g/mol. The Labute approximate surface area is 265 Å². The second-order valence-corrected chi connectivity index (χ2v) is 15.5. The Morgan fingerprint density at radius 2 is 1.70 bits per heavy atom. The number of aromatic amines is 1. The summed E-state index contributed by atoms with van der Waals surface area (Å²) in [6.07, 6.45) is 1.57. The molecule has 3 heterocycles. The normalized spacial score (nSPS) is 16.0. The van der Waals surface area contributed by atoms with E-state index in [0.29, 0.717) is 22.3 Å². The van der Waals surface area contributed by atoms with Gasteiger partial charge in [-0.25, -0.2) is 8.42 Å². The SMILES string of the molecule is CC(=O)N1CC(=O)Nc2ccc(S(=O)(=O)I)c(c2)CNC(=O)C(Nc2ccc3cc[nH]c(=O)c3c2)c2cc(C)c(c(C)c2)C1. The third-order valence-corrected chi connectivity index (χ3v) is 9.94. The van der Waals surface area contributed by atoms with Gasteiger partial charge in [-0.15, -0.1) is 0 Å². The van der Waals surface area contributed by atoms with Crippen LogP contribution in [0, 0.1) is 13.8 Å². The molecule has 2 aliphatic heterocycles. The van der Waals surface area contributed by atoms with Crippen molar-refractivity contribution in [3.8, 4) is 0 Å². The van der Waals surface area contributed by atoms with Gasteiger partial charge < -0.3 is 25.8 Å². The maximum absolute atomic E-state index is 13.9. The molecule has 1 atom stereocenters. The molecule has 4 bridgehead atoms. The van der Waals surface area contributed by atoms with E-state index in [9.17, 15) is 27.6 Å². The summed E-state index contributed by atoms with van der Waals surface area (Å²) in [6.45, 7) is 4.96. The van der Waals surface area contributed by atoms with Crippen molar-refractivity contribution >= 4 is 68.1 Å². The molecule has 0 aliphatic carbocycles. The van der Waals surface area contributed by atoms with Crippen LogP contribution in [0.4, 0.5) is 11.4 Å². The molecule has 0 saturated heterocycles. The number of carbonyl (C=O) groups excluding carboxylic acids is 3. The molecule has 4 aromatic rings. The lowest BCUT2D eigenvalue weighted by Crippen LogP contribution is -2.37. The molecular formula is C31H30IN5O6S. The van der Waals surface area contributed by atoms with E-state index in [1.54, 1.807) is 30.5 Å². The Hall–Kier alpha value is -4.24. The van der Waals surface area contributed by atoms with E-state index in [1.807, 2.05) is 26.0 Å². The molecule has 1 aromatic heterocycles. The number of hydrogen-bond acceptors (Lipinski definition) is 7.